The first kappa shape index (κ1) is 23.5. The Labute approximate surface area is 152 Å². The van der Waals surface area contributed by atoms with Gasteiger partial charge in [0.2, 0.25) is 0 Å². The van der Waals surface area contributed by atoms with Crippen molar-refractivity contribution in [3.05, 3.63) is 0 Å². The predicted octanol–water partition coefficient (Wildman–Crippen LogP) is 3.18. The Kier molecular flexibility index (Phi) is 9.85. The quantitative estimate of drug-likeness (QED) is 0.579. The van der Waals surface area contributed by atoms with Crippen molar-refractivity contribution in [2.24, 2.45) is 0 Å². The molecule has 2 unspecified atom stereocenters. The van der Waals surface area contributed by atoms with E-state index in [1.807, 2.05) is 55.4 Å². The molecule has 0 aromatic heterocycles. The van der Waals surface area contributed by atoms with Crippen molar-refractivity contribution >= 4 is 12.2 Å². The van der Waals surface area contributed by atoms with Gasteiger partial charge in [-0.25, -0.2) is 9.59 Å². The van der Waals surface area contributed by atoms with Crippen molar-refractivity contribution in [1.82, 2.24) is 16.0 Å². The van der Waals surface area contributed by atoms with E-state index < -0.39 is 23.4 Å². The molecule has 0 aromatic rings. The Balaban J connectivity index is 3.77. The Morgan fingerprint density at radius 2 is 1.08 bits per heavy atom. The lowest BCUT2D eigenvalue weighted by atomic mass is 10.2. The second kappa shape index (κ2) is 10.5. The number of hydrogen-bond acceptors (Lipinski definition) is 5. The Bertz CT molecular complexity index is 376. The highest BCUT2D eigenvalue weighted by Gasteiger charge is 2.18. The van der Waals surface area contributed by atoms with Gasteiger partial charge in [0, 0.05) is 12.1 Å². The van der Waals surface area contributed by atoms with Crippen molar-refractivity contribution in [2.75, 3.05) is 13.1 Å². The summed E-state index contributed by atoms with van der Waals surface area (Å²) in [5, 5.41) is 8.92. The molecule has 2 amide bonds. The summed E-state index contributed by atoms with van der Waals surface area (Å²) in [6.07, 6.45) is 0.811. The fourth-order valence-corrected chi connectivity index (χ4v) is 1.92. The number of alkyl carbamates (subject to hydrolysis) is 2. The van der Waals surface area contributed by atoms with E-state index in [9.17, 15) is 9.59 Å². The fourth-order valence-electron chi connectivity index (χ4n) is 1.92. The van der Waals surface area contributed by atoms with Gasteiger partial charge >= 0.3 is 12.2 Å². The number of ether oxygens (including phenoxy) is 2. The van der Waals surface area contributed by atoms with Gasteiger partial charge in [0.1, 0.15) is 11.2 Å². The minimum atomic E-state index is -0.487. The number of hydrogen-bond donors (Lipinski definition) is 3. The van der Waals surface area contributed by atoms with Crippen molar-refractivity contribution in [2.45, 2.75) is 91.5 Å². The van der Waals surface area contributed by atoms with Crippen molar-refractivity contribution in [3.63, 3.8) is 0 Å². The molecule has 0 aliphatic carbocycles. The summed E-state index contributed by atoms with van der Waals surface area (Å²) in [5.41, 5.74) is -0.974. The topological polar surface area (TPSA) is 88.7 Å². The van der Waals surface area contributed by atoms with Crippen molar-refractivity contribution in [1.29, 1.82) is 0 Å². The molecule has 0 fully saturated rings. The maximum Gasteiger partial charge on any atom is 0.407 e. The lowest BCUT2D eigenvalue weighted by Gasteiger charge is -2.22. The maximum absolute atomic E-state index is 11.6. The van der Waals surface area contributed by atoms with Gasteiger partial charge in [-0.15, -0.1) is 0 Å². The monoisotopic (exact) mass is 359 g/mol. The first-order valence-corrected chi connectivity index (χ1v) is 8.98. The van der Waals surface area contributed by atoms with Crippen LogP contribution >= 0.6 is 0 Å². The van der Waals surface area contributed by atoms with Gasteiger partial charge in [-0.05, 0) is 81.3 Å². The van der Waals surface area contributed by atoms with Gasteiger partial charge in [0.25, 0.3) is 0 Å². The lowest BCUT2D eigenvalue weighted by molar-refractivity contribution is 0.0496. The summed E-state index contributed by atoms with van der Waals surface area (Å²) in [6.45, 7) is 16.5. The molecule has 0 heterocycles. The van der Waals surface area contributed by atoms with Crippen LogP contribution in [-0.4, -0.2) is 48.6 Å². The van der Waals surface area contributed by atoms with E-state index in [0.29, 0.717) is 0 Å². The summed E-state index contributed by atoms with van der Waals surface area (Å²) in [4.78, 5) is 23.3. The third-order valence-corrected chi connectivity index (χ3v) is 3.03. The molecule has 2 atom stereocenters. The van der Waals surface area contributed by atoms with Gasteiger partial charge in [-0.2, -0.15) is 0 Å². The van der Waals surface area contributed by atoms with E-state index in [1.54, 1.807) is 0 Å². The van der Waals surface area contributed by atoms with Crippen LogP contribution in [0.15, 0.2) is 0 Å². The van der Waals surface area contributed by atoms with Crippen LogP contribution in [0.25, 0.3) is 0 Å². The highest BCUT2D eigenvalue weighted by atomic mass is 16.6. The number of nitrogens with one attached hydrogen (secondary N) is 3. The van der Waals surface area contributed by atoms with Crippen LogP contribution in [-0.2, 0) is 9.47 Å². The normalized spacial score (nSPS) is 14.4. The van der Waals surface area contributed by atoms with E-state index in [2.05, 4.69) is 16.0 Å². The largest absolute Gasteiger partial charge is 0.444 e. The average Bonchev–Trinajstić information content (AvgIpc) is 2.32. The third kappa shape index (κ3) is 15.8. The summed E-state index contributed by atoms with van der Waals surface area (Å²) in [5.74, 6) is 0. The van der Waals surface area contributed by atoms with Crippen LogP contribution in [0.2, 0.25) is 0 Å². The molecule has 0 aromatic carbocycles. The smallest absolute Gasteiger partial charge is 0.407 e. The number of rotatable bonds is 8. The Morgan fingerprint density at radius 1 is 0.760 bits per heavy atom. The van der Waals surface area contributed by atoms with Crippen LogP contribution in [0, 0.1) is 0 Å². The standard InChI is InChI=1S/C18H37N3O4/c1-13(20-15(22)24-17(3,4)5)9-11-19-12-10-14(2)21-16(23)25-18(6,7)8/h13-14,19H,9-12H2,1-8H3,(H,20,22)(H,21,23). The second-order valence-electron chi connectivity index (χ2n) is 8.42. The summed E-state index contributed by atoms with van der Waals surface area (Å²) in [7, 11) is 0. The molecule has 7 nitrogen and oxygen atoms in total. The molecule has 148 valence electrons. The summed E-state index contributed by atoms with van der Waals surface area (Å²) >= 11 is 0. The zero-order chi connectivity index (χ0) is 19.7. The molecule has 3 N–H and O–H groups in total. The molecule has 0 aliphatic rings. The highest BCUT2D eigenvalue weighted by Crippen LogP contribution is 2.08. The first-order valence-electron chi connectivity index (χ1n) is 8.98. The average molecular weight is 360 g/mol. The zero-order valence-corrected chi connectivity index (χ0v) is 17.1. The summed E-state index contributed by atoms with van der Waals surface area (Å²) < 4.78 is 10.4. The Morgan fingerprint density at radius 3 is 1.36 bits per heavy atom. The molecule has 0 bridgehead atoms. The highest BCUT2D eigenvalue weighted by molar-refractivity contribution is 5.68. The van der Waals surface area contributed by atoms with E-state index >= 15 is 0 Å². The van der Waals surface area contributed by atoms with Crippen LogP contribution in [0.4, 0.5) is 9.59 Å². The van der Waals surface area contributed by atoms with Gasteiger partial charge < -0.3 is 25.4 Å². The number of amides is 2. The number of carbonyl (C=O) groups excluding carboxylic acids is 2. The van der Waals surface area contributed by atoms with Gasteiger partial charge in [-0.3, -0.25) is 0 Å². The lowest BCUT2D eigenvalue weighted by Crippen LogP contribution is -2.40. The summed E-state index contributed by atoms with van der Waals surface area (Å²) in [6, 6.07) is 0.0549. The second-order valence-corrected chi connectivity index (χ2v) is 8.42. The van der Waals surface area contributed by atoms with Gasteiger partial charge in [-0.1, -0.05) is 0 Å². The molecule has 0 saturated carbocycles. The van der Waals surface area contributed by atoms with E-state index in [4.69, 9.17) is 9.47 Å². The third-order valence-electron chi connectivity index (χ3n) is 3.03. The van der Waals surface area contributed by atoms with Crippen molar-refractivity contribution in [3.8, 4) is 0 Å². The van der Waals surface area contributed by atoms with Crippen LogP contribution in [0.3, 0.4) is 0 Å². The van der Waals surface area contributed by atoms with Gasteiger partial charge in [0.15, 0.2) is 0 Å². The molecule has 0 rings (SSSR count). The van der Waals surface area contributed by atoms with E-state index in [-0.39, 0.29) is 12.1 Å². The predicted molar refractivity (Wildman–Crippen MR) is 99.8 cm³/mol. The van der Waals surface area contributed by atoms with Crippen molar-refractivity contribution < 1.29 is 19.1 Å². The fraction of sp³-hybridized carbons (Fsp3) is 0.889. The van der Waals surface area contributed by atoms with Gasteiger partial charge in [0.05, 0.1) is 0 Å². The molecular weight excluding hydrogens is 322 g/mol. The number of carbonyl (C=O) groups is 2. The molecule has 0 radical (unpaired) electrons. The first-order chi connectivity index (χ1) is 11.3. The van der Waals surface area contributed by atoms with E-state index in [0.717, 1.165) is 25.9 Å². The zero-order valence-electron chi connectivity index (χ0n) is 17.1. The molecular formula is C18H37N3O4. The van der Waals surface area contributed by atoms with E-state index in [1.165, 1.54) is 0 Å². The van der Waals surface area contributed by atoms with Crippen LogP contribution in [0.5, 0.6) is 0 Å². The molecule has 0 aliphatic heterocycles. The maximum atomic E-state index is 11.6. The van der Waals surface area contributed by atoms with Crippen LogP contribution < -0.4 is 16.0 Å². The molecule has 25 heavy (non-hydrogen) atoms. The molecule has 7 heteroatoms. The van der Waals surface area contributed by atoms with Crippen LogP contribution in [0.1, 0.15) is 68.2 Å². The SMILES string of the molecule is CC(CCNCCC(C)NC(=O)OC(C)(C)C)NC(=O)OC(C)(C)C. The molecule has 0 saturated heterocycles. The minimum Gasteiger partial charge on any atom is -0.444 e. The Hall–Kier alpha value is -1.50. The molecule has 0 spiro atoms. The minimum absolute atomic E-state index is 0.0275.